The summed E-state index contributed by atoms with van der Waals surface area (Å²) in [7, 11) is -12.8. The van der Waals surface area contributed by atoms with Gasteiger partial charge in [0, 0.05) is 103 Å². The van der Waals surface area contributed by atoms with E-state index in [0.717, 1.165) is 38.9 Å². The third kappa shape index (κ3) is 19.4. The van der Waals surface area contributed by atoms with E-state index in [4.69, 9.17) is 39.8 Å². The summed E-state index contributed by atoms with van der Waals surface area (Å²) in [5.41, 5.74) is 0. The van der Waals surface area contributed by atoms with Crippen LogP contribution in [-0.4, -0.2) is 135 Å². The van der Waals surface area contributed by atoms with Gasteiger partial charge in [0.15, 0.2) is 0 Å². The van der Waals surface area contributed by atoms with E-state index in [9.17, 15) is 13.0 Å². The lowest BCUT2D eigenvalue weighted by atomic mass is 10.2. The summed E-state index contributed by atoms with van der Waals surface area (Å²) in [5, 5.41) is 0. The summed E-state index contributed by atoms with van der Waals surface area (Å²) in [5.74, 6) is -0.298. The minimum atomic E-state index is -4.11. The standard InChI is InChI=1S/C30H69NO12SSi3/c1-10-35-45(36-11-2,37-12-3)28-20-24-31(23-19-27-44(32,33)34,25-21-29-46(38-13-4,39-14-5)40-15-6)26-22-30-47(41-16-7,42-17-8)43-18-9/h10-30H2,1-9H3/p+1. The summed E-state index contributed by atoms with van der Waals surface area (Å²) in [6.07, 6.45) is 2.59. The first kappa shape index (κ1) is 47.2. The van der Waals surface area contributed by atoms with Gasteiger partial charge in [-0.25, -0.2) is 0 Å². The summed E-state index contributed by atoms with van der Waals surface area (Å²) in [6.45, 7) is 24.8. The van der Waals surface area contributed by atoms with Crippen molar-refractivity contribution in [1.82, 2.24) is 0 Å². The van der Waals surface area contributed by atoms with Crippen LogP contribution in [0.3, 0.4) is 0 Å². The van der Waals surface area contributed by atoms with Crippen LogP contribution in [0.1, 0.15) is 88.0 Å². The van der Waals surface area contributed by atoms with E-state index in [1.165, 1.54) is 0 Å². The second kappa shape index (κ2) is 26.0. The van der Waals surface area contributed by atoms with Crippen molar-refractivity contribution >= 4 is 36.5 Å². The van der Waals surface area contributed by atoms with Gasteiger partial charge in [0.05, 0.1) is 31.9 Å². The zero-order valence-electron chi connectivity index (χ0n) is 31.1. The Hall–Kier alpha value is 0.161. The van der Waals surface area contributed by atoms with Crippen molar-refractivity contribution in [2.24, 2.45) is 0 Å². The highest BCUT2D eigenvalue weighted by atomic mass is 32.2. The maximum atomic E-state index is 11.8. The van der Waals surface area contributed by atoms with Crippen molar-refractivity contribution in [3.05, 3.63) is 0 Å². The van der Waals surface area contributed by atoms with Crippen molar-refractivity contribution < 1.29 is 57.3 Å². The van der Waals surface area contributed by atoms with Crippen LogP contribution < -0.4 is 0 Å². The summed E-state index contributed by atoms with van der Waals surface area (Å²) < 4.78 is 89.2. The minimum Gasteiger partial charge on any atom is -0.374 e. The second-order valence-electron chi connectivity index (χ2n) is 11.1. The van der Waals surface area contributed by atoms with Crippen LogP contribution in [0.15, 0.2) is 0 Å². The molecule has 0 heterocycles. The Bertz CT molecular complexity index is 745. The van der Waals surface area contributed by atoms with Crippen LogP contribution in [0.5, 0.6) is 0 Å². The molecule has 0 aliphatic carbocycles. The zero-order valence-corrected chi connectivity index (χ0v) is 35.0. The van der Waals surface area contributed by atoms with Crippen LogP contribution in [0.25, 0.3) is 0 Å². The lowest BCUT2D eigenvalue weighted by molar-refractivity contribution is -0.928. The van der Waals surface area contributed by atoms with E-state index in [-0.39, 0.29) is 5.75 Å². The van der Waals surface area contributed by atoms with Gasteiger partial charge < -0.3 is 44.3 Å². The van der Waals surface area contributed by atoms with Gasteiger partial charge >= 0.3 is 26.4 Å². The molecule has 0 radical (unpaired) electrons. The largest absolute Gasteiger partial charge is 0.501 e. The van der Waals surface area contributed by atoms with E-state index >= 15 is 0 Å². The highest BCUT2D eigenvalue weighted by molar-refractivity contribution is 7.85. The van der Waals surface area contributed by atoms with Gasteiger partial charge in [-0.2, -0.15) is 8.42 Å². The van der Waals surface area contributed by atoms with Gasteiger partial charge in [0.2, 0.25) is 0 Å². The predicted molar refractivity (Wildman–Crippen MR) is 191 cm³/mol. The molecule has 284 valence electrons. The van der Waals surface area contributed by atoms with Gasteiger partial charge in [0.1, 0.15) is 0 Å². The molecule has 1 N–H and O–H groups in total. The molecular formula is C30H70NO12SSi3+. The Morgan fingerprint density at radius 2 is 0.638 bits per heavy atom. The van der Waals surface area contributed by atoms with Crippen molar-refractivity contribution in [2.45, 2.75) is 106 Å². The third-order valence-corrected chi connectivity index (χ3v) is 17.9. The molecule has 0 fully saturated rings. The normalized spacial score (nSPS) is 13.5. The average Bonchev–Trinajstić information content (AvgIpc) is 2.98. The van der Waals surface area contributed by atoms with Gasteiger partial charge in [-0.15, -0.1) is 0 Å². The van der Waals surface area contributed by atoms with Gasteiger partial charge in [-0.05, 0) is 62.3 Å². The fourth-order valence-electron chi connectivity index (χ4n) is 6.15. The number of hydrogen-bond acceptors (Lipinski definition) is 11. The average molecular weight is 753 g/mol. The van der Waals surface area contributed by atoms with E-state index < -0.39 is 36.5 Å². The van der Waals surface area contributed by atoms with Crippen LogP contribution in [0.2, 0.25) is 18.1 Å². The van der Waals surface area contributed by atoms with Crippen molar-refractivity contribution in [1.29, 1.82) is 0 Å². The molecule has 17 heteroatoms. The van der Waals surface area contributed by atoms with Crippen molar-refractivity contribution in [3.8, 4) is 0 Å². The molecule has 0 rings (SSSR count). The molecule has 0 amide bonds. The molecule has 0 aliphatic rings. The molecule has 0 saturated heterocycles. The first-order valence-electron chi connectivity index (χ1n) is 17.9. The molecule has 47 heavy (non-hydrogen) atoms. The Labute approximate surface area is 290 Å². The maximum Gasteiger partial charge on any atom is 0.501 e. The van der Waals surface area contributed by atoms with Gasteiger partial charge in [-0.1, -0.05) is 0 Å². The quantitative estimate of drug-likeness (QED) is 0.0512. The third-order valence-electron chi connectivity index (χ3n) is 7.66. The van der Waals surface area contributed by atoms with Gasteiger partial charge in [0.25, 0.3) is 10.1 Å². The topological polar surface area (TPSA) is 137 Å². The lowest BCUT2D eigenvalue weighted by Crippen LogP contribution is -2.54. The highest BCUT2D eigenvalue weighted by Gasteiger charge is 2.44. The first-order valence-corrected chi connectivity index (χ1v) is 25.3. The van der Waals surface area contributed by atoms with Crippen LogP contribution in [0, 0.1) is 0 Å². The first-order chi connectivity index (χ1) is 22.4. The highest BCUT2D eigenvalue weighted by Crippen LogP contribution is 2.26. The fourth-order valence-corrected chi connectivity index (χ4v) is 14.4. The summed E-state index contributed by atoms with van der Waals surface area (Å²) >= 11 is 0. The zero-order chi connectivity index (χ0) is 35.7. The maximum absolute atomic E-state index is 11.8. The Kier molecular flexibility index (Phi) is 26.1. The lowest BCUT2D eigenvalue weighted by Gasteiger charge is -2.41. The van der Waals surface area contributed by atoms with Crippen molar-refractivity contribution in [3.63, 3.8) is 0 Å². The van der Waals surface area contributed by atoms with Crippen LogP contribution >= 0.6 is 0 Å². The van der Waals surface area contributed by atoms with E-state index in [2.05, 4.69) is 0 Å². The molecule has 0 saturated carbocycles. The Balaban J connectivity index is 6.51. The number of rotatable bonds is 34. The minimum absolute atomic E-state index is 0.298. The van der Waals surface area contributed by atoms with Gasteiger partial charge in [-0.3, -0.25) is 4.55 Å². The summed E-state index contributed by atoms with van der Waals surface area (Å²) in [4.78, 5) is 0. The van der Waals surface area contributed by atoms with E-state index in [1.54, 1.807) is 0 Å². The second-order valence-corrected chi connectivity index (χ2v) is 20.9. The molecule has 13 nitrogen and oxygen atoms in total. The molecule has 0 atom stereocenters. The number of hydrogen-bond donors (Lipinski definition) is 1. The molecule has 0 aliphatic heterocycles. The molecule has 0 unspecified atom stereocenters. The monoisotopic (exact) mass is 752 g/mol. The smallest absolute Gasteiger partial charge is 0.374 e. The number of nitrogens with zero attached hydrogens (tertiary/aromatic N) is 1. The SMILES string of the molecule is CCO[Si](CCC[N+](CCC[Si](OCC)(OCC)OCC)(CCC[Si](OCC)(OCC)OCC)CCCS(=O)(=O)O)(OCC)OCC. The molecule has 0 spiro atoms. The van der Waals surface area contributed by atoms with Crippen LogP contribution in [0.4, 0.5) is 0 Å². The number of quaternary nitrogens is 1. The molecule has 0 aromatic carbocycles. The molecule has 0 bridgehead atoms. The Morgan fingerprint density at radius 1 is 0.426 bits per heavy atom. The fraction of sp³-hybridized carbons (Fsp3) is 1.00. The van der Waals surface area contributed by atoms with Crippen molar-refractivity contribution in [2.75, 3.05) is 91.4 Å². The molecular weight excluding hydrogens is 683 g/mol. The molecule has 0 aromatic heterocycles. The summed E-state index contributed by atoms with van der Waals surface area (Å²) in [6, 6.07) is 1.93. The predicted octanol–water partition coefficient (Wildman–Crippen LogP) is 5.40. The molecule has 0 aromatic rings. The Morgan fingerprint density at radius 3 is 0.830 bits per heavy atom. The van der Waals surface area contributed by atoms with E-state index in [1.807, 2.05) is 62.3 Å². The van der Waals surface area contributed by atoms with Crippen LogP contribution in [-0.2, 0) is 50.0 Å². The van der Waals surface area contributed by atoms with E-state index in [0.29, 0.717) is 95.0 Å².